The fourth-order valence-electron chi connectivity index (χ4n) is 2.26. The molecule has 18 heavy (non-hydrogen) atoms. The van der Waals surface area contributed by atoms with Crippen molar-refractivity contribution in [2.24, 2.45) is 5.92 Å². The zero-order chi connectivity index (χ0) is 12.8. The van der Waals surface area contributed by atoms with E-state index in [1.54, 1.807) is 19.5 Å². The largest absolute Gasteiger partial charge is 0.494 e. The van der Waals surface area contributed by atoms with Crippen LogP contribution in [0.3, 0.4) is 0 Å². The lowest BCUT2D eigenvalue weighted by Crippen LogP contribution is -2.38. The Morgan fingerprint density at radius 2 is 2.00 bits per heavy atom. The third kappa shape index (κ3) is 3.32. The molecule has 1 aliphatic rings. The third-order valence-electron chi connectivity index (χ3n) is 3.43. The van der Waals surface area contributed by atoms with Gasteiger partial charge in [-0.2, -0.15) is 0 Å². The molecule has 5 heteroatoms. The van der Waals surface area contributed by atoms with Gasteiger partial charge >= 0.3 is 0 Å². The number of nitrogens with zero attached hydrogens (tertiary/aromatic N) is 3. The number of aromatic nitrogens is 2. The molecule has 0 atom stereocenters. The molecule has 1 N–H and O–H groups in total. The van der Waals surface area contributed by atoms with E-state index in [1.807, 2.05) is 0 Å². The first-order chi connectivity index (χ1) is 8.83. The summed E-state index contributed by atoms with van der Waals surface area (Å²) in [6.45, 7) is 6.43. The van der Waals surface area contributed by atoms with Gasteiger partial charge in [0.2, 0.25) is 5.95 Å². The summed E-state index contributed by atoms with van der Waals surface area (Å²) in [5.74, 6) is 2.32. The van der Waals surface area contributed by atoms with Gasteiger partial charge in [-0.1, -0.05) is 6.92 Å². The summed E-state index contributed by atoms with van der Waals surface area (Å²) in [6, 6.07) is 0. The van der Waals surface area contributed by atoms with Gasteiger partial charge in [0.15, 0.2) is 5.75 Å². The Hall–Kier alpha value is -1.36. The molecule has 1 aromatic heterocycles. The van der Waals surface area contributed by atoms with Crippen molar-refractivity contribution < 1.29 is 4.74 Å². The number of hydrogen-bond acceptors (Lipinski definition) is 5. The first-order valence-corrected chi connectivity index (χ1v) is 6.65. The monoisotopic (exact) mass is 250 g/mol. The summed E-state index contributed by atoms with van der Waals surface area (Å²) in [5, 5.41) is 3.42. The van der Waals surface area contributed by atoms with Gasteiger partial charge in [-0.05, 0) is 31.8 Å². The average Bonchev–Trinajstić information content (AvgIpc) is 2.46. The van der Waals surface area contributed by atoms with Gasteiger partial charge in [0.05, 0.1) is 19.5 Å². The minimum atomic E-state index is 0.709. The zero-order valence-corrected chi connectivity index (χ0v) is 11.2. The van der Waals surface area contributed by atoms with Crippen LogP contribution in [-0.2, 0) is 0 Å². The fraction of sp³-hybridized carbons (Fsp3) is 0.692. The molecule has 2 heterocycles. The minimum absolute atomic E-state index is 0.709. The summed E-state index contributed by atoms with van der Waals surface area (Å²) in [5.41, 5.74) is 0. The van der Waals surface area contributed by atoms with Crippen LogP contribution in [0.1, 0.15) is 19.8 Å². The summed E-state index contributed by atoms with van der Waals surface area (Å²) in [6.07, 6.45) is 5.88. The lowest BCUT2D eigenvalue weighted by atomic mass is 9.97. The number of nitrogens with one attached hydrogen (secondary N) is 1. The molecule has 0 saturated carbocycles. The van der Waals surface area contributed by atoms with E-state index < -0.39 is 0 Å². The maximum atomic E-state index is 5.07. The van der Waals surface area contributed by atoms with E-state index in [1.165, 1.54) is 12.8 Å². The number of ether oxygens (including phenoxy) is 1. The van der Waals surface area contributed by atoms with Gasteiger partial charge in [-0.15, -0.1) is 0 Å². The molecule has 0 radical (unpaired) electrons. The highest BCUT2D eigenvalue weighted by molar-refractivity contribution is 5.31. The smallest absolute Gasteiger partial charge is 0.225 e. The van der Waals surface area contributed by atoms with E-state index in [0.717, 1.165) is 38.0 Å². The van der Waals surface area contributed by atoms with Gasteiger partial charge in [0.25, 0.3) is 0 Å². The highest BCUT2D eigenvalue weighted by atomic mass is 16.5. The van der Waals surface area contributed by atoms with Gasteiger partial charge in [0, 0.05) is 13.1 Å². The lowest BCUT2D eigenvalue weighted by molar-refractivity contribution is 0.382. The Kier molecular flexibility index (Phi) is 4.75. The van der Waals surface area contributed by atoms with E-state index in [-0.39, 0.29) is 0 Å². The molecule has 0 amide bonds. The Bertz CT molecular complexity index is 347. The van der Waals surface area contributed by atoms with Crippen molar-refractivity contribution in [1.82, 2.24) is 15.3 Å². The molecule has 100 valence electrons. The Morgan fingerprint density at radius 3 is 2.56 bits per heavy atom. The predicted octanol–water partition coefficient (Wildman–Crippen LogP) is 1.31. The number of piperidine rings is 1. The molecule has 0 unspecified atom stereocenters. The Labute approximate surface area is 109 Å². The van der Waals surface area contributed by atoms with E-state index >= 15 is 0 Å². The molecule has 1 aliphatic heterocycles. The maximum Gasteiger partial charge on any atom is 0.225 e. The minimum Gasteiger partial charge on any atom is -0.494 e. The van der Waals surface area contributed by atoms with Gasteiger partial charge in [-0.25, -0.2) is 9.97 Å². The molecule has 5 nitrogen and oxygen atoms in total. The van der Waals surface area contributed by atoms with Crippen molar-refractivity contribution in [3.63, 3.8) is 0 Å². The number of methoxy groups -OCH3 is 1. The molecule has 1 fully saturated rings. The van der Waals surface area contributed by atoms with Crippen LogP contribution in [0.2, 0.25) is 0 Å². The average molecular weight is 250 g/mol. The van der Waals surface area contributed by atoms with Gasteiger partial charge < -0.3 is 15.0 Å². The van der Waals surface area contributed by atoms with Crippen LogP contribution in [0, 0.1) is 5.92 Å². The quantitative estimate of drug-likeness (QED) is 0.854. The van der Waals surface area contributed by atoms with Crippen LogP contribution in [0.5, 0.6) is 5.75 Å². The molecular weight excluding hydrogens is 228 g/mol. The second-order valence-electron chi connectivity index (χ2n) is 4.66. The second-order valence-corrected chi connectivity index (χ2v) is 4.66. The van der Waals surface area contributed by atoms with Crippen molar-refractivity contribution in [3.8, 4) is 5.75 Å². The Balaban J connectivity index is 1.84. The molecule has 0 spiro atoms. The summed E-state index contributed by atoms with van der Waals surface area (Å²) >= 11 is 0. The first kappa shape index (κ1) is 13.1. The molecular formula is C13H22N4O. The van der Waals surface area contributed by atoms with Crippen molar-refractivity contribution in [3.05, 3.63) is 12.4 Å². The lowest BCUT2D eigenvalue weighted by Gasteiger charge is -2.32. The number of hydrogen-bond donors (Lipinski definition) is 1. The highest BCUT2D eigenvalue weighted by Gasteiger charge is 2.20. The van der Waals surface area contributed by atoms with E-state index in [9.17, 15) is 0 Å². The van der Waals surface area contributed by atoms with E-state index in [0.29, 0.717) is 5.75 Å². The third-order valence-corrected chi connectivity index (χ3v) is 3.43. The number of rotatable bonds is 5. The van der Waals surface area contributed by atoms with Crippen LogP contribution in [0.25, 0.3) is 0 Å². The standard InChI is InChI=1S/C13H22N4O/c1-3-14-8-11-4-6-17(7-5-11)13-15-9-12(18-2)10-16-13/h9-11,14H,3-8H2,1-2H3. The van der Waals surface area contributed by atoms with Crippen LogP contribution >= 0.6 is 0 Å². The van der Waals surface area contributed by atoms with Crippen LogP contribution in [0.4, 0.5) is 5.95 Å². The van der Waals surface area contributed by atoms with Crippen LogP contribution < -0.4 is 15.0 Å². The topological polar surface area (TPSA) is 50.3 Å². The predicted molar refractivity (Wildman–Crippen MR) is 72.1 cm³/mol. The van der Waals surface area contributed by atoms with Crippen LogP contribution in [0.15, 0.2) is 12.4 Å². The van der Waals surface area contributed by atoms with Crippen molar-refractivity contribution in [1.29, 1.82) is 0 Å². The summed E-state index contributed by atoms with van der Waals surface area (Å²) in [7, 11) is 1.63. The first-order valence-electron chi connectivity index (χ1n) is 6.65. The molecule has 2 rings (SSSR count). The SMILES string of the molecule is CCNCC1CCN(c2ncc(OC)cn2)CC1. The second kappa shape index (κ2) is 6.54. The highest BCUT2D eigenvalue weighted by Crippen LogP contribution is 2.20. The maximum absolute atomic E-state index is 5.07. The molecule has 1 saturated heterocycles. The van der Waals surface area contributed by atoms with E-state index in [4.69, 9.17) is 4.74 Å². The fourth-order valence-corrected chi connectivity index (χ4v) is 2.26. The normalized spacial score (nSPS) is 16.9. The number of anilines is 1. The zero-order valence-electron chi connectivity index (χ0n) is 11.2. The van der Waals surface area contributed by atoms with Gasteiger partial charge in [-0.3, -0.25) is 0 Å². The molecule has 0 bridgehead atoms. The van der Waals surface area contributed by atoms with Crippen LogP contribution in [-0.4, -0.2) is 43.3 Å². The molecule has 0 aromatic carbocycles. The Morgan fingerprint density at radius 1 is 1.33 bits per heavy atom. The molecule has 0 aliphatic carbocycles. The summed E-state index contributed by atoms with van der Waals surface area (Å²) in [4.78, 5) is 10.9. The molecule has 1 aromatic rings. The van der Waals surface area contributed by atoms with Crippen molar-refractivity contribution in [2.45, 2.75) is 19.8 Å². The van der Waals surface area contributed by atoms with E-state index in [2.05, 4.69) is 27.1 Å². The van der Waals surface area contributed by atoms with Crippen molar-refractivity contribution >= 4 is 5.95 Å². The van der Waals surface area contributed by atoms with Gasteiger partial charge in [0.1, 0.15) is 0 Å². The summed E-state index contributed by atoms with van der Waals surface area (Å²) < 4.78 is 5.07. The van der Waals surface area contributed by atoms with Crippen molar-refractivity contribution in [2.75, 3.05) is 38.2 Å².